The van der Waals surface area contributed by atoms with Crippen molar-refractivity contribution in [2.24, 2.45) is 0 Å². The monoisotopic (exact) mass is 505 g/mol. The summed E-state index contributed by atoms with van der Waals surface area (Å²) in [6.07, 6.45) is -1.88. The minimum Gasteiger partial charge on any atom is -0.452 e. The molecule has 184 valence electrons. The zero-order valence-electron chi connectivity index (χ0n) is 19.2. The second kappa shape index (κ2) is 10.8. The lowest BCUT2D eigenvalue weighted by molar-refractivity contribution is -0.142. The van der Waals surface area contributed by atoms with Crippen molar-refractivity contribution in [3.8, 4) is 0 Å². The van der Waals surface area contributed by atoms with E-state index in [1.165, 1.54) is 0 Å². The third kappa shape index (κ3) is 6.95. The number of amides is 1. The largest absolute Gasteiger partial charge is 0.452 e. The number of aromatic nitrogens is 2. The highest BCUT2D eigenvalue weighted by molar-refractivity contribution is 6.33. The van der Waals surface area contributed by atoms with Gasteiger partial charge in [-0.15, -0.1) is 0 Å². The fraction of sp³-hybridized carbons (Fsp3) is 0.240. The fourth-order valence-electron chi connectivity index (χ4n) is 3.29. The molecule has 0 spiro atoms. The van der Waals surface area contributed by atoms with E-state index >= 15 is 0 Å². The molecular formula is C25H23ClF3N3O3. The van der Waals surface area contributed by atoms with Crippen LogP contribution in [-0.4, -0.2) is 28.3 Å². The molecule has 0 atom stereocenters. The number of ether oxygens (including phenoxy) is 1. The van der Waals surface area contributed by atoms with Gasteiger partial charge in [0.2, 0.25) is 0 Å². The van der Waals surface area contributed by atoms with E-state index in [0.717, 1.165) is 46.3 Å². The number of carbonyl (C=O) groups excluding carboxylic acids is 2. The lowest BCUT2D eigenvalue weighted by Gasteiger charge is -2.11. The summed E-state index contributed by atoms with van der Waals surface area (Å²) in [6.45, 7) is 5.59. The topological polar surface area (TPSA) is 73.2 Å². The third-order valence-corrected chi connectivity index (χ3v) is 5.52. The van der Waals surface area contributed by atoms with Crippen molar-refractivity contribution >= 4 is 35.2 Å². The van der Waals surface area contributed by atoms with Gasteiger partial charge in [-0.1, -0.05) is 41.4 Å². The van der Waals surface area contributed by atoms with Gasteiger partial charge in [0.15, 0.2) is 6.61 Å². The number of aryl methyl sites for hydroxylation is 2. The quantitative estimate of drug-likeness (QED) is 0.329. The Labute approximate surface area is 205 Å². The van der Waals surface area contributed by atoms with Crippen LogP contribution >= 0.6 is 11.6 Å². The highest BCUT2D eigenvalue weighted by atomic mass is 35.5. The van der Waals surface area contributed by atoms with Crippen molar-refractivity contribution < 1.29 is 27.5 Å². The lowest BCUT2D eigenvalue weighted by atomic mass is 10.1. The molecule has 3 rings (SSSR count). The summed E-state index contributed by atoms with van der Waals surface area (Å²) in [7, 11) is 0. The minimum atomic E-state index is -4.59. The van der Waals surface area contributed by atoms with E-state index in [-0.39, 0.29) is 10.7 Å². The molecule has 1 amide bonds. The number of alkyl halides is 3. The zero-order valence-corrected chi connectivity index (χ0v) is 20.0. The van der Waals surface area contributed by atoms with Crippen molar-refractivity contribution in [2.45, 2.75) is 33.5 Å². The van der Waals surface area contributed by atoms with E-state index < -0.39 is 30.2 Å². The molecule has 0 unspecified atom stereocenters. The molecule has 6 nitrogen and oxygen atoms in total. The smallest absolute Gasteiger partial charge is 0.416 e. The molecule has 10 heteroatoms. The van der Waals surface area contributed by atoms with Crippen LogP contribution < -0.4 is 5.32 Å². The van der Waals surface area contributed by atoms with Crippen molar-refractivity contribution in [1.29, 1.82) is 0 Å². The van der Waals surface area contributed by atoms with Gasteiger partial charge in [0, 0.05) is 17.3 Å². The minimum absolute atomic E-state index is 0.0776. The number of rotatable bonds is 7. The normalized spacial score (nSPS) is 11.6. The summed E-state index contributed by atoms with van der Waals surface area (Å²) in [5.74, 6) is -1.62. The van der Waals surface area contributed by atoms with E-state index in [4.69, 9.17) is 16.3 Å². The Hall–Kier alpha value is -3.59. The first-order chi connectivity index (χ1) is 16.4. The fourth-order valence-corrected chi connectivity index (χ4v) is 3.46. The Morgan fingerprint density at radius 1 is 1.11 bits per heavy atom. The van der Waals surface area contributed by atoms with Crippen molar-refractivity contribution in [3.63, 3.8) is 0 Å². The van der Waals surface area contributed by atoms with Gasteiger partial charge in [0.05, 0.1) is 28.5 Å². The number of anilines is 1. The standard InChI is InChI=1S/C25H23ClF3N3O3/c1-15-4-6-18(7-5-15)13-32-17(3)20(16(2)31-32)9-11-24(34)35-14-23(33)30-22-12-19(25(27,28)29)8-10-21(22)26/h4-12H,13-14H2,1-3H3,(H,30,33)/b11-9+. The van der Waals surface area contributed by atoms with Gasteiger partial charge in [-0.25, -0.2) is 4.79 Å². The van der Waals surface area contributed by atoms with E-state index in [1.54, 1.807) is 6.08 Å². The van der Waals surface area contributed by atoms with Crippen molar-refractivity contribution in [1.82, 2.24) is 9.78 Å². The maximum atomic E-state index is 12.9. The summed E-state index contributed by atoms with van der Waals surface area (Å²) >= 11 is 5.85. The third-order valence-electron chi connectivity index (χ3n) is 5.19. The Morgan fingerprint density at radius 3 is 2.46 bits per heavy atom. The van der Waals surface area contributed by atoms with Crippen molar-refractivity contribution in [3.05, 3.63) is 87.2 Å². The Bertz CT molecular complexity index is 1270. The molecule has 0 bridgehead atoms. The number of esters is 1. The van der Waals surface area contributed by atoms with Gasteiger partial charge in [-0.3, -0.25) is 9.48 Å². The number of halogens is 4. The van der Waals surface area contributed by atoms with Crippen molar-refractivity contribution in [2.75, 3.05) is 11.9 Å². The maximum absolute atomic E-state index is 12.9. The molecule has 0 aliphatic carbocycles. The SMILES string of the molecule is Cc1ccc(Cn2nc(C)c(/C=C/C(=O)OCC(=O)Nc3cc(C(F)(F)F)ccc3Cl)c2C)cc1. The van der Waals surface area contributed by atoms with Crippen LogP contribution in [0.4, 0.5) is 18.9 Å². The summed E-state index contributed by atoms with van der Waals surface area (Å²) in [4.78, 5) is 24.1. The summed E-state index contributed by atoms with van der Waals surface area (Å²) in [5.41, 5.74) is 3.36. The Morgan fingerprint density at radius 2 is 1.80 bits per heavy atom. The van der Waals surface area contributed by atoms with Crippen LogP contribution in [0.1, 0.15) is 33.6 Å². The van der Waals surface area contributed by atoms with Gasteiger partial charge in [-0.05, 0) is 50.6 Å². The Balaban J connectivity index is 1.59. The molecule has 2 aromatic carbocycles. The maximum Gasteiger partial charge on any atom is 0.416 e. The average molecular weight is 506 g/mol. The second-order valence-corrected chi connectivity index (χ2v) is 8.32. The molecule has 0 fully saturated rings. The van der Waals surface area contributed by atoms with Crippen LogP contribution in [0.25, 0.3) is 6.08 Å². The van der Waals surface area contributed by atoms with Gasteiger partial charge < -0.3 is 10.1 Å². The zero-order chi connectivity index (χ0) is 25.8. The highest BCUT2D eigenvalue weighted by Crippen LogP contribution is 2.33. The molecule has 1 heterocycles. The number of hydrogen-bond acceptors (Lipinski definition) is 4. The molecule has 0 aliphatic rings. The molecule has 35 heavy (non-hydrogen) atoms. The van der Waals surface area contributed by atoms with Crippen LogP contribution in [-0.2, 0) is 27.0 Å². The number of nitrogens with zero attached hydrogens (tertiary/aromatic N) is 2. The molecule has 1 aromatic heterocycles. The van der Waals surface area contributed by atoms with Crippen LogP contribution in [0, 0.1) is 20.8 Å². The van der Waals surface area contributed by atoms with E-state index in [9.17, 15) is 22.8 Å². The molecule has 0 saturated heterocycles. The number of nitrogens with one attached hydrogen (secondary N) is 1. The first kappa shape index (κ1) is 26.0. The van der Waals surface area contributed by atoms with Crippen LogP contribution in [0.15, 0.2) is 48.5 Å². The van der Waals surface area contributed by atoms with Gasteiger partial charge in [0.25, 0.3) is 5.91 Å². The molecular weight excluding hydrogens is 483 g/mol. The van der Waals surface area contributed by atoms with Crippen LogP contribution in [0.2, 0.25) is 5.02 Å². The number of benzene rings is 2. The summed E-state index contributed by atoms with van der Waals surface area (Å²) < 4.78 is 45.3. The second-order valence-electron chi connectivity index (χ2n) is 7.91. The molecule has 3 aromatic rings. The van der Waals surface area contributed by atoms with E-state index in [2.05, 4.69) is 10.4 Å². The predicted molar refractivity (Wildman–Crippen MR) is 127 cm³/mol. The summed E-state index contributed by atoms with van der Waals surface area (Å²) in [6, 6.07) is 10.6. The van der Waals surface area contributed by atoms with E-state index in [1.807, 2.05) is 49.7 Å². The first-order valence-corrected chi connectivity index (χ1v) is 10.9. The first-order valence-electron chi connectivity index (χ1n) is 10.5. The summed E-state index contributed by atoms with van der Waals surface area (Å²) in [5, 5.41) is 6.65. The molecule has 1 N–H and O–H groups in total. The molecule has 0 saturated carbocycles. The number of carbonyl (C=O) groups is 2. The highest BCUT2D eigenvalue weighted by Gasteiger charge is 2.31. The lowest BCUT2D eigenvalue weighted by Crippen LogP contribution is -2.20. The van der Waals surface area contributed by atoms with E-state index in [0.29, 0.717) is 12.6 Å². The molecule has 0 aliphatic heterocycles. The average Bonchev–Trinajstić information content (AvgIpc) is 3.05. The van der Waals surface area contributed by atoms with Crippen LogP contribution in [0.3, 0.4) is 0 Å². The van der Waals surface area contributed by atoms with Crippen LogP contribution in [0.5, 0.6) is 0 Å². The van der Waals surface area contributed by atoms with Gasteiger partial charge >= 0.3 is 12.1 Å². The predicted octanol–water partition coefficient (Wildman–Crippen LogP) is 5.72. The Kier molecular flexibility index (Phi) is 8.01. The van der Waals surface area contributed by atoms with Gasteiger partial charge in [0.1, 0.15) is 0 Å². The van der Waals surface area contributed by atoms with Gasteiger partial charge in [-0.2, -0.15) is 18.3 Å². The number of hydrogen-bond donors (Lipinski definition) is 1. The molecule has 0 radical (unpaired) electrons.